The largest absolute Gasteiger partial charge is 0.399 e. The van der Waals surface area contributed by atoms with Crippen LogP contribution in [0.15, 0.2) is 18.2 Å². The first kappa shape index (κ1) is 11.8. The molecule has 92 valence electrons. The normalized spacial score (nSPS) is 17.9. The molecule has 0 radical (unpaired) electrons. The molecular weight excluding hydrogens is 214 g/mol. The molecule has 0 aromatic heterocycles. The highest BCUT2D eigenvalue weighted by atomic mass is 16.1. The molecule has 0 spiro atoms. The van der Waals surface area contributed by atoms with Crippen LogP contribution in [0, 0.1) is 0 Å². The minimum absolute atomic E-state index is 0.0536. The summed E-state index contributed by atoms with van der Waals surface area (Å²) in [5, 5.41) is 3.43. The van der Waals surface area contributed by atoms with Crippen molar-refractivity contribution in [3.05, 3.63) is 23.8 Å². The molecule has 1 saturated carbocycles. The number of benzene rings is 1. The van der Waals surface area contributed by atoms with Gasteiger partial charge in [0.2, 0.25) is 0 Å². The second-order valence-electron chi connectivity index (χ2n) is 5.06. The SMILES string of the molecule is CC1(Nc2cc(N)ccc2C(N)=O)CCCC1. The summed E-state index contributed by atoms with van der Waals surface area (Å²) in [6.07, 6.45) is 4.66. The van der Waals surface area contributed by atoms with E-state index < -0.39 is 5.91 Å². The molecule has 4 nitrogen and oxygen atoms in total. The van der Waals surface area contributed by atoms with E-state index in [1.165, 1.54) is 12.8 Å². The van der Waals surface area contributed by atoms with E-state index in [0.29, 0.717) is 11.3 Å². The van der Waals surface area contributed by atoms with E-state index in [4.69, 9.17) is 11.5 Å². The molecule has 1 aromatic carbocycles. The topological polar surface area (TPSA) is 81.1 Å². The molecule has 2 rings (SSSR count). The third kappa shape index (κ3) is 2.52. The number of nitrogens with two attached hydrogens (primary N) is 2. The number of primary amides is 1. The van der Waals surface area contributed by atoms with E-state index in [1.54, 1.807) is 18.2 Å². The molecular formula is C13H19N3O. The van der Waals surface area contributed by atoms with Gasteiger partial charge in [0.05, 0.1) is 5.56 Å². The minimum atomic E-state index is -0.422. The maximum absolute atomic E-state index is 11.4. The zero-order valence-corrected chi connectivity index (χ0v) is 10.1. The van der Waals surface area contributed by atoms with Crippen molar-refractivity contribution in [2.24, 2.45) is 5.73 Å². The summed E-state index contributed by atoms with van der Waals surface area (Å²) in [6.45, 7) is 2.17. The van der Waals surface area contributed by atoms with Crippen LogP contribution in [0.4, 0.5) is 11.4 Å². The zero-order valence-electron chi connectivity index (χ0n) is 10.1. The van der Waals surface area contributed by atoms with Crippen molar-refractivity contribution in [1.29, 1.82) is 0 Å². The molecule has 0 unspecified atom stereocenters. The highest BCUT2D eigenvalue weighted by Gasteiger charge is 2.29. The van der Waals surface area contributed by atoms with Crippen molar-refractivity contribution in [3.8, 4) is 0 Å². The third-order valence-corrected chi connectivity index (χ3v) is 3.45. The summed E-state index contributed by atoms with van der Waals surface area (Å²) in [5.74, 6) is -0.422. The van der Waals surface area contributed by atoms with Crippen LogP contribution in [-0.4, -0.2) is 11.4 Å². The van der Waals surface area contributed by atoms with Gasteiger partial charge in [-0.15, -0.1) is 0 Å². The highest BCUT2D eigenvalue weighted by Crippen LogP contribution is 2.34. The van der Waals surface area contributed by atoms with Gasteiger partial charge in [0.15, 0.2) is 0 Å². The first-order valence-electron chi connectivity index (χ1n) is 5.98. The van der Waals surface area contributed by atoms with Crippen LogP contribution in [0.3, 0.4) is 0 Å². The number of amides is 1. The van der Waals surface area contributed by atoms with E-state index in [0.717, 1.165) is 18.5 Å². The van der Waals surface area contributed by atoms with Crippen molar-refractivity contribution in [1.82, 2.24) is 0 Å². The van der Waals surface area contributed by atoms with Gasteiger partial charge in [-0.3, -0.25) is 4.79 Å². The molecule has 1 aliphatic rings. The first-order valence-corrected chi connectivity index (χ1v) is 5.98. The Labute approximate surface area is 101 Å². The van der Waals surface area contributed by atoms with Gasteiger partial charge in [-0.1, -0.05) is 12.8 Å². The van der Waals surface area contributed by atoms with Crippen molar-refractivity contribution in [2.45, 2.75) is 38.1 Å². The Morgan fingerprint density at radius 2 is 2.00 bits per heavy atom. The van der Waals surface area contributed by atoms with Gasteiger partial charge in [0.1, 0.15) is 0 Å². The van der Waals surface area contributed by atoms with E-state index in [1.807, 2.05) is 0 Å². The van der Waals surface area contributed by atoms with Crippen molar-refractivity contribution in [3.63, 3.8) is 0 Å². The monoisotopic (exact) mass is 233 g/mol. The van der Waals surface area contributed by atoms with Crippen LogP contribution in [0.1, 0.15) is 43.0 Å². The average Bonchev–Trinajstić information content (AvgIpc) is 2.64. The van der Waals surface area contributed by atoms with Gasteiger partial charge < -0.3 is 16.8 Å². The second kappa shape index (κ2) is 4.28. The van der Waals surface area contributed by atoms with Crippen LogP contribution in [0.25, 0.3) is 0 Å². The Bertz CT molecular complexity index is 436. The summed E-state index contributed by atoms with van der Waals surface area (Å²) >= 11 is 0. The van der Waals surface area contributed by atoms with E-state index in [2.05, 4.69) is 12.2 Å². The predicted molar refractivity (Wildman–Crippen MR) is 69.9 cm³/mol. The molecule has 0 aliphatic heterocycles. The van der Waals surface area contributed by atoms with E-state index in [-0.39, 0.29) is 5.54 Å². The van der Waals surface area contributed by atoms with Crippen molar-refractivity contribution < 1.29 is 4.79 Å². The highest BCUT2D eigenvalue weighted by molar-refractivity contribution is 5.99. The Hall–Kier alpha value is -1.71. The Morgan fingerprint density at radius 3 is 2.59 bits per heavy atom. The summed E-state index contributed by atoms with van der Waals surface area (Å²) in [6, 6.07) is 5.16. The standard InChI is InChI=1S/C13H19N3O/c1-13(6-2-3-7-13)16-11-8-9(14)4-5-10(11)12(15)17/h4-5,8,16H,2-3,6-7,14H2,1H3,(H2,15,17). The van der Waals surface area contributed by atoms with Gasteiger partial charge in [-0.2, -0.15) is 0 Å². The van der Waals surface area contributed by atoms with Crippen LogP contribution in [0.2, 0.25) is 0 Å². The molecule has 1 fully saturated rings. The number of carbonyl (C=O) groups is 1. The molecule has 0 heterocycles. The quantitative estimate of drug-likeness (QED) is 0.699. The zero-order chi connectivity index (χ0) is 12.5. The summed E-state index contributed by atoms with van der Waals surface area (Å²) in [5.41, 5.74) is 13.1. The van der Waals surface area contributed by atoms with Crippen LogP contribution >= 0.6 is 0 Å². The fourth-order valence-corrected chi connectivity index (χ4v) is 2.49. The van der Waals surface area contributed by atoms with Gasteiger partial charge in [0, 0.05) is 16.9 Å². The third-order valence-electron chi connectivity index (χ3n) is 3.45. The van der Waals surface area contributed by atoms with Crippen LogP contribution in [0.5, 0.6) is 0 Å². The summed E-state index contributed by atoms with van der Waals surface area (Å²) < 4.78 is 0. The lowest BCUT2D eigenvalue weighted by Crippen LogP contribution is -2.32. The van der Waals surface area contributed by atoms with Gasteiger partial charge >= 0.3 is 0 Å². The number of hydrogen-bond donors (Lipinski definition) is 3. The lowest BCUT2D eigenvalue weighted by atomic mass is 9.99. The molecule has 5 N–H and O–H groups in total. The number of nitrogens with one attached hydrogen (secondary N) is 1. The minimum Gasteiger partial charge on any atom is -0.399 e. The van der Waals surface area contributed by atoms with E-state index in [9.17, 15) is 4.79 Å². The number of nitrogen functional groups attached to an aromatic ring is 1. The van der Waals surface area contributed by atoms with Gasteiger partial charge in [-0.25, -0.2) is 0 Å². The Morgan fingerprint density at radius 1 is 1.35 bits per heavy atom. The maximum Gasteiger partial charge on any atom is 0.250 e. The van der Waals surface area contributed by atoms with Crippen molar-refractivity contribution >= 4 is 17.3 Å². The van der Waals surface area contributed by atoms with Gasteiger partial charge in [0.25, 0.3) is 5.91 Å². The summed E-state index contributed by atoms with van der Waals surface area (Å²) in [4.78, 5) is 11.4. The maximum atomic E-state index is 11.4. The first-order chi connectivity index (χ1) is 8.00. The van der Waals surface area contributed by atoms with Gasteiger partial charge in [-0.05, 0) is 38.0 Å². The molecule has 0 atom stereocenters. The lowest BCUT2D eigenvalue weighted by Gasteiger charge is -2.27. The van der Waals surface area contributed by atoms with E-state index >= 15 is 0 Å². The molecule has 1 amide bonds. The summed E-state index contributed by atoms with van der Waals surface area (Å²) in [7, 11) is 0. The number of anilines is 2. The number of carbonyl (C=O) groups excluding carboxylic acids is 1. The van der Waals surface area contributed by atoms with Crippen LogP contribution < -0.4 is 16.8 Å². The molecule has 4 heteroatoms. The smallest absolute Gasteiger partial charge is 0.250 e. The Balaban J connectivity index is 2.30. The fourth-order valence-electron chi connectivity index (χ4n) is 2.49. The average molecular weight is 233 g/mol. The van der Waals surface area contributed by atoms with Crippen LogP contribution in [-0.2, 0) is 0 Å². The molecule has 0 saturated heterocycles. The number of rotatable bonds is 3. The Kier molecular flexibility index (Phi) is 2.96. The number of hydrogen-bond acceptors (Lipinski definition) is 3. The molecule has 1 aromatic rings. The molecule has 1 aliphatic carbocycles. The second-order valence-corrected chi connectivity index (χ2v) is 5.06. The predicted octanol–water partition coefficient (Wildman–Crippen LogP) is 2.11. The molecule has 0 bridgehead atoms. The lowest BCUT2D eigenvalue weighted by molar-refractivity contribution is 0.100. The fraction of sp³-hybridized carbons (Fsp3) is 0.462. The molecule has 17 heavy (non-hydrogen) atoms. The van der Waals surface area contributed by atoms with Crippen molar-refractivity contribution in [2.75, 3.05) is 11.1 Å².